The molecule has 0 bridgehead atoms. The first kappa shape index (κ1) is 20.1. The molecule has 7 heteroatoms. The van der Waals surface area contributed by atoms with Gasteiger partial charge in [0, 0.05) is 18.2 Å². The molecule has 0 aliphatic carbocycles. The Morgan fingerprint density at radius 1 is 1.33 bits per heavy atom. The van der Waals surface area contributed by atoms with E-state index < -0.39 is 23.7 Å². The predicted octanol–water partition coefficient (Wildman–Crippen LogP) is 2.22. The van der Waals surface area contributed by atoms with Crippen molar-refractivity contribution in [3.63, 3.8) is 0 Å². The first-order chi connectivity index (χ1) is 11.4. The summed E-state index contributed by atoms with van der Waals surface area (Å²) in [7, 11) is 1.53. The quantitative estimate of drug-likeness (QED) is 0.638. The minimum Gasteiger partial charge on any atom is -0.480 e. The molecule has 0 aromatic heterocycles. The standard InChI is InChI=1S/C17H24FNO5/c1-4-11(2)15(17(21)22)19-16(20)12-5-6-14(18)13(9-12)10-24-8-7-23-3/h5-6,9,11,15H,4,7-8,10H2,1-3H3,(H,19,20)(H,21,22)/t11-,15-/m0/s1. The number of ether oxygens (including phenoxy) is 2. The first-order valence-corrected chi connectivity index (χ1v) is 7.79. The van der Waals surface area contributed by atoms with Gasteiger partial charge in [-0.25, -0.2) is 9.18 Å². The Hall–Kier alpha value is -1.99. The fourth-order valence-electron chi connectivity index (χ4n) is 2.06. The molecule has 0 aliphatic rings. The van der Waals surface area contributed by atoms with Gasteiger partial charge in [0.1, 0.15) is 11.9 Å². The minimum absolute atomic E-state index is 0.00400. The first-order valence-electron chi connectivity index (χ1n) is 7.79. The van der Waals surface area contributed by atoms with E-state index in [1.807, 2.05) is 6.92 Å². The van der Waals surface area contributed by atoms with Crippen molar-refractivity contribution in [2.24, 2.45) is 5.92 Å². The Kier molecular flexibility index (Phi) is 8.35. The van der Waals surface area contributed by atoms with E-state index >= 15 is 0 Å². The summed E-state index contributed by atoms with van der Waals surface area (Å²) in [6.45, 7) is 4.29. The molecule has 1 aromatic rings. The molecule has 0 unspecified atom stereocenters. The van der Waals surface area contributed by atoms with Crippen LogP contribution in [-0.4, -0.2) is 43.3 Å². The third-order valence-electron chi connectivity index (χ3n) is 3.76. The maximum Gasteiger partial charge on any atom is 0.326 e. The zero-order valence-corrected chi connectivity index (χ0v) is 14.2. The van der Waals surface area contributed by atoms with E-state index in [9.17, 15) is 19.1 Å². The molecular formula is C17H24FNO5. The number of carbonyl (C=O) groups is 2. The predicted molar refractivity (Wildman–Crippen MR) is 86.3 cm³/mol. The maximum absolute atomic E-state index is 13.8. The molecule has 1 amide bonds. The van der Waals surface area contributed by atoms with E-state index in [0.717, 1.165) is 0 Å². The molecule has 0 aliphatic heterocycles. The number of carboxylic acid groups (broad SMARTS) is 1. The lowest BCUT2D eigenvalue weighted by Gasteiger charge is -2.20. The molecule has 1 rings (SSSR count). The van der Waals surface area contributed by atoms with Crippen molar-refractivity contribution < 1.29 is 28.6 Å². The monoisotopic (exact) mass is 341 g/mol. The van der Waals surface area contributed by atoms with E-state index in [-0.39, 0.29) is 23.7 Å². The van der Waals surface area contributed by atoms with E-state index in [1.165, 1.54) is 25.3 Å². The Balaban J connectivity index is 2.81. The van der Waals surface area contributed by atoms with Crippen LogP contribution in [0.15, 0.2) is 18.2 Å². The summed E-state index contributed by atoms with van der Waals surface area (Å²) >= 11 is 0. The number of amides is 1. The van der Waals surface area contributed by atoms with Crippen LogP contribution in [0, 0.1) is 11.7 Å². The second kappa shape index (κ2) is 10.00. The molecule has 2 atom stereocenters. The number of methoxy groups -OCH3 is 1. The van der Waals surface area contributed by atoms with Gasteiger partial charge in [-0.2, -0.15) is 0 Å². The van der Waals surface area contributed by atoms with E-state index in [1.54, 1.807) is 6.92 Å². The Morgan fingerprint density at radius 3 is 2.62 bits per heavy atom. The van der Waals surface area contributed by atoms with Gasteiger partial charge in [0.05, 0.1) is 19.8 Å². The molecule has 24 heavy (non-hydrogen) atoms. The molecule has 2 N–H and O–H groups in total. The zero-order valence-electron chi connectivity index (χ0n) is 14.2. The molecule has 0 spiro atoms. The molecule has 134 valence electrons. The van der Waals surface area contributed by atoms with Crippen LogP contribution in [-0.2, 0) is 20.9 Å². The number of carboxylic acids is 1. The van der Waals surface area contributed by atoms with Crippen LogP contribution in [0.1, 0.15) is 36.2 Å². The summed E-state index contributed by atoms with van der Waals surface area (Å²) in [5.74, 6) is -2.35. The van der Waals surface area contributed by atoms with E-state index in [2.05, 4.69) is 5.32 Å². The minimum atomic E-state index is -1.09. The van der Waals surface area contributed by atoms with Gasteiger partial charge in [-0.15, -0.1) is 0 Å². The molecule has 0 saturated heterocycles. The molecule has 1 aromatic carbocycles. The largest absolute Gasteiger partial charge is 0.480 e. The normalized spacial score (nSPS) is 13.3. The van der Waals surface area contributed by atoms with Gasteiger partial charge in [-0.1, -0.05) is 20.3 Å². The van der Waals surface area contributed by atoms with Crippen LogP contribution in [0.25, 0.3) is 0 Å². The summed E-state index contributed by atoms with van der Waals surface area (Å²) in [4.78, 5) is 23.5. The lowest BCUT2D eigenvalue weighted by molar-refractivity contribution is -0.140. The van der Waals surface area contributed by atoms with Crippen LogP contribution in [0.5, 0.6) is 0 Å². The maximum atomic E-state index is 13.8. The molecule has 0 radical (unpaired) electrons. The summed E-state index contributed by atoms with van der Waals surface area (Å²) < 4.78 is 23.9. The lowest BCUT2D eigenvalue weighted by Crippen LogP contribution is -2.45. The summed E-state index contributed by atoms with van der Waals surface area (Å²) in [6.07, 6.45) is 0.610. The average molecular weight is 341 g/mol. The Bertz CT molecular complexity index is 564. The van der Waals surface area contributed by atoms with Crippen LogP contribution in [0.2, 0.25) is 0 Å². The highest BCUT2D eigenvalue weighted by molar-refractivity contribution is 5.96. The number of hydrogen-bond donors (Lipinski definition) is 2. The third kappa shape index (κ3) is 5.90. The molecule has 6 nitrogen and oxygen atoms in total. The summed E-state index contributed by atoms with van der Waals surface area (Å²) in [6, 6.07) is 2.86. The lowest BCUT2D eigenvalue weighted by atomic mass is 9.98. The number of benzene rings is 1. The third-order valence-corrected chi connectivity index (χ3v) is 3.76. The smallest absolute Gasteiger partial charge is 0.326 e. The van der Waals surface area contributed by atoms with Crippen molar-refractivity contribution in [2.75, 3.05) is 20.3 Å². The van der Waals surface area contributed by atoms with Crippen molar-refractivity contribution >= 4 is 11.9 Å². The SMILES string of the molecule is CC[C@H](C)[C@H](NC(=O)c1ccc(F)c(COCCOC)c1)C(=O)O. The van der Waals surface area contributed by atoms with Gasteiger partial charge in [0.25, 0.3) is 5.91 Å². The molecule has 0 saturated carbocycles. The second-order valence-electron chi connectivity index (χ2n) is 5.53. The van der Waals surface area contributed by atoms with Gasteiger partial charge >= 0.3 is 5.97 Å². The van der Waals surface area contributed by atoms with Crippen LogP contribution in [0.3, 0.4) is 0 Å². The average Bonchev–Trinajstić information content (AvgIpc) is 2.56. The summed E-state index contributed by atoms with van der Waals surface area (Å²) in [5, 5.41) is 11.7. The van der Waals surface area contributed by atoms with Gasteiger partial charge < -0.3 is 19.9 Å². The van der Waals surface area contributed by atoms with E-state index in [0.29, 0.717) is 19.6 Å². The van der Waals surface area contributed by atoms with Crippen LogP contribution >= 0.6 is 0 Å². The highest BCUT2D eigenvalue weighted by Crippen LogP contribution is 2.14. The van der Waals surface area contributed by atoms with Crippen molar-refractivity contribution in [2.45, 2.75) is 32.9 Å². The fourth-order valence-corrected chi connectivity index (χ4v) is 2.06. The van der Waals surface area contributed by atoms with Crippen LogP contribution < -0.4 is 5.32 Å². The van der Waals surface area contributed by atoms with Crippen molar-refractivity contribution in [1.82, 2.24) is 5.32 Å². The number of nitrogens with one attached hydrogen (secondary N) is 1. The van der Waals surface area contributed by atoms with Gasteiger partial charge in [-0.3, -0.25) is 4.79 Å². The van der Waals surface area contributed by atoms with Gasteiger partial charge in [0.15, 0.2) is 0 Å². The van der Waals surface area contributed by atoms with Crippen molar-refractivity contribution in [3.05, 3.63) is 35.1 Å². The topological polar surface area (TPSA) is 84.9 Å². The number of halogens is 1. The highest BCUT2D eigenvalue weighted by Gasteiger charge is 2.26. The second-order valence-corrected chi connectivity index (χ2v) is 5.53. The van der Waals surface area contributed by atoms with Gasteiger partial charge in [0.2, 0.25) is 0 Å². The number of carbonyl (C=O) groups excluding carboxylic acids is 1. The highest BCUT2D eigenvalue weighted by atomic mass is 19.1. The van der Waals surface area contributed by atoms with E-state index in [4.69, 9.17) is 9.47 Å². The molecular weight excluding hydrogens is 317 g/mol. The Labute approximate surface area is 141 Å². The number of hydrogen-bond acceptors (Lipinski definition) is 4. The van der Waals surface area contributed by atoms with Gasteiger partial charge in [-0.05, 0) is 24.1 Å². The number of rotatable bonds is 10. The summed E-state index contributed by atoms with van der Waals surface area (Å²) in [5.41, 5.74) is 0.422. The molecule has 0 heterocycles. The Morgan fingerprint density at radius 2 is 2.04 bits per heavy atom. The van der Waals surface area contributed by atoms with Crippen LogP contribution in [0.4, 0.5) is 4.39 Å². The number of aliphatic carboxylic acids is 1. The molecule has 0 fully saturated rings. The fraction of sp³-hybridized carbons (Fsp3) is 0.529. The van der Waals surface area contributed by atoms with Crippen molar-refractivity contribution in [3.8, 4) is 0 Å². The van der Waals surface area contributed by atoms with Crippen molar-refractivity contribution in [1.29, 1.82) is 0 Å². The zero-order chi connectivity index (χ0) is 18.1.